The summed E-state index contributed by atoms with van der Waals surface area (Å²) >= 11 is 0.996. The molecule has 0 radical (unpaired) electrons. The van der Waals surface area contributed by atoms with Crippen LogP contribution in [0.3, 0.4) is 0 Å². The minimum absolute atomic E-state index is 0.0247. The summed E-state index contributed by atoms with van der Waals surface area (Å²) in [6, 6.07) is 0. The van der Waals surface area contributed by atoms with Gasteiger partial charge in [0.05, 0.1) is 19.0 Å². The maximum Gasteiger partial charge on any atom is 0.531 e. The van der Waals surface area contributed by atoms with Crippen molar-refractivity contribution in [1.82, 2.24) is 30.2 Å². The zero-order valence-electron chi connectivity index (χ0n) is 38.9. The third-order valence-electron chi connectivity index (χ3n) is 10.4. The molecular formula is C37H66N7O22P3S. The van der Waals surface area contributed by atoms with E-state index < -0.39 is 90.7 Å². The number of aliphatic hydroxyl groups is 3. The summed E-state index contributed by atoms with van der Waals surface area (Å²) in [4.78, 5) is 91.8. The normalized spacial score (nSPS) is 20.2. The van der Waals surface area contributed by atoms with Gasteiger partial charge in [-0.1, -0.05) is 122 Å². The summed E-state index contributed by atoms with van der Waals surface area (Å²) in [6.45, 7) is 2.90. The fraction of sp³-hybridized carbons (Fsp3) is 0.784. The number of carbonyl (C=O) groups is 3. The number of aliphatic hydroxyl groups excluding tert-OH is 3. The number of nitrogen functional groups attached to an aromatic ring is 1. The van der Waals surface area contributed by atoms with Crippen LogP contribution in [0.15, 0.2) is 12.7 Å². The molecule has 3 unspecified atom stereocenters. The Morgan fingerprint density at radius 3 is 2.17 bits per heavy atom. The number of ether oxygens (including phenoxy) is 1. The molecule has 33 heteroatoms. The molecule has 11 N–H and O–H groups in total. The molecule has 0 saturated carbocycles. The molecule has 1 aliphatic heterocycles. The number of phosphoric acid groups is 3. The number of carbonyl (C=O) groups excluding carboxylic acids is 3. The zero-order valence-corrected chi connectivity index (χ0v) is 42.4. The highest BCUT2D eigenvalue weighted by Gasteiger charge is 2.49. The molecule has 1 aliphatic rings. The summed E-state index contributed by atoms with van der Waals surface area (Å²) in [5.74, 6) is -1.19. The Bertz CT molecular complexity index is 2070. The quantitative estimate of drug-likeness (QED) is 0.0201. The van der Waals surface area contributed by atoms with Crippen molar-refractivity contribution >= 4 is 69.1 Å². The first-order valence-corrected chi connectivity index (χ1v) is 27.8. The van der Waals surface area contributed by atoms with E-state index >= 15 is 0 Å². The zero-order chi connectivity index (χ0) is 52.0. The third-order valence-corrected chi connectivity index (χ3v) is 13.0. The number of imidazole rings is 1. The predicted molar refractivity (Wildman–Crippen MR) is 243 cm³/mol. The number of fused-ring (bicyclic) bond motifs is 1. The van der Waals surface area contributed by atoms with Gasteiger partial charge >= 0.3 is 23.5 Å². The predicted octanol–water partition coefficient (Wildman–Crippen LogP) is 2.84. The van der Waals surface area contributed by atoms with Gasteiger partial charge in [0.1, 0.15) is 42.9 Å². The molecule has 0 aromatic carbocycles. The molecule has 3 heterocycles. The average Bonchev–Trinajstić information content (AvgIpc) is 3.84. The van der Waals surface area contributed by atoms with Crippen LogP contribution in [0.2, 0.25) is 0 Å². The van der Waals surface area contributed by atoms with Crippen LogP contribution in [-0.2, 0) is 70.9 Å². The molecule has 3 rings (SSSR count). The molecule has 2 aromatic heterocycles. The maximum atomic E-state index is 12.6. The number of hydrogen-bond donors (Lipinski definition) is 10. The lowest BCUT2D eigenvalue weighted by Crippen LogP contribution is -2.46. The summed E-state index contributed by atoms with van der Waals surface area (Å²) in [7, 11) is -16.1. The van der Waals surface area contributed by atoms with E-state index in [-0.39, 0.29) is 53.8 Å². The Balaban J connectivity index is 1.27. The first-order valence-electron chi connectivity index (χ1n) is 22.3. The number of hydrogen-bond acceptors (Lipinski definition) is 23. The molecule has 29 nitrogen and oxygen atoms in total. The van der Waals surface area contributed by atoms with E-state index in [0.29, 0.717) is 6.42 Å². The van der Waals surface area contributed by atoms with Crippen molar-refractivity contribution < 1.29 is 106 Å². The van der Waals surface area contributed by atoms with Gasteiger partial charge in [-0.15, -0.1) is 0 Å². The summed E-state index contributed by atoms with van der Waals surface area (Å²) < 4.78 is 64.0. The van der Waals surface area contributed by atoms with Crippen molar-refractivity contribution in [3.8, 4) is 0 Å². The fourth-order valence-corrected chi connectivity index (χ4v) is 8.89. The number of anilines is 1. The Hall–Kier alpha value is -2.64. The molecule has 0 spiro atoms. The molecule has 1 saturated heterocycles. The van der Waals surface area contributed by atoms with E-state index in [0.717, 1.165) is 48.2 Å². The van der Waals surface area contributed by atoms with Crippen molar-refractivity contribution in [2.24, 2.45) is 5.41 Å². The highest BCUT2D eigenvalue weighted by Crippen LogP contribution is 2.50. The lowest BCUT2D eigenvalue weighted by atomic mass is 9.87. The second-order valence-corrected chi connectivity index (χ2v) is 21.7. The molecule has 402 valence electrons. The standard InChI is InChI=1S/C37H66N7O22P3S/c1-4-5-6-7-8-9-10-11-12-13-14-15-25(45)20-28(47)70-19-18-39-27(46)16-17-40-35(50)32(49)37(2,3)22-59-68(54,55)65-63-66-69(56,57)64-62-58-21-26-31(61-67(51,52)53)30(48)36(60-26)44-24-43-29-33(38)41-23-42-34(29)44/h23-26,30-32,36,45,48-49H,4-22H2,1-3H3,(H,39,46)(H,40,50)(H,54,55)(H,56,57)(H2,38,41,42)(H2,51,52,53)/t25-,26+,30+,31+,32?,36+/m0/s1. The van der Waals surface area contributed by atoms with E-state index in [4.69, 9.17) is 10.5 Å². The van der Waals surface area contributed by atoms with E-state index in [2.05, 4.69) is 70.5 Å². The van der Waals surface area contributed by atoms with Crippen LogP contribution in [0.5, 0.6) is 0 Å². The van der Waals surface area contributed by atoms with Crippen LogP contribution in [0.25, 0.3) is 11.2 Å². The van der Waals surface area contributed by atoms with Gasteiger partial charge in [0.15, 0.2) is 22.8 Å². The monoisotopic (exact) mass is 1090 g/mol. The van der Waals surface area contributed by atoms with Crippen LogP contribution in [0.1, 0.15) is 117 Å². The second kappa shape index (κ2) is 30.5. The van der Waals surface area contributed by atoms with Crippen molar-refractivity contribution in [3.63, 3.8) is 0 Å². The number of amides is 2. The van der Waals surface area contributed by atoms with Crippen molar-refractivity contribution in [2.45, 2.75) is 147 Å². The Labute approximate surface area is 407 Å². The summed E-state index contributed by atoms with van der Waals surface area (Å²) in [5.41, 5.74) is 4.33. The average molecular weight is 1090 g/mol. The van der Waals surface area contributed by atoms with Crippen LogP contribution >= 0.6 is 35.2 Å². The molecule has 8 atom stereocenters. The Kier molecular flexibility index (Phi) is 26.9. The van der Waals surface area contributed by atoms with Crippen LogP contribution in [0.4, 0.5) is 5.82 Å². The number of nitrogens with zero attached hydrogens (tertiary/aromatic N) is 4. The van der Waals surface area contributed by atoms with Gasteiger partial charge in [0.2, 0.25) is 11.8 Å². The lowest BCUT2D eigenvalue weighted by molar-refractivity contribution is -0.494. The first kappa shape index (κ1) is 61.7. The van der Waals surface area contributed by atoms with Gasteiger partial charge in [0, 0.05) is 37.1 Å². The topological polar surface area (TPSA) is 421 Å². The first-order chi connectivity index (χ1) is 32.9. The van der Waals surface area contributed by atoms with Gasteiger partial charge in [-0.2, -0.15) is 0 Å². The van der Waals surface area contributed by atoms with Gasteiger partial charge in [-0.05, 0) is 11.5 Å². The van der Waals surface area contributed by atoms with E-state index in [1.165, 1.54) is 65.2 Å². The lowest BCUT2D eigenvalue weighted by Gasteiger charge is -2.29. The Morgan fingerprint density at radius 2 is 1.51 bits per heavy atom. The SMILES string of the molecule is CCCCCCCCCCCCC[C@H](O)CC(=O)SCCNC(=O)CCNC(=O)C(O)C(C)(C)COP(=O)(O)OOOP(=O)(O)OOOC[C@H]1O[C@@H](n2cnc3c(N)ncnc32)[C@H](O)[C@@H]1OP(=O)(O)O. The van der Waals surface area contributed by atoms with Gasteiger partial charge in [0.25, 0.3) is 0 Å². The molecule has 0 aliphatic carbocycles. The molecule has 0 bridgehead atoms. The number of thioether (sulfide) groups is 1. The van der Waals surface area contributed by atoms with Crippen molar-refractivity contribution in [3.05, 3.63) is 12.7 Å². The highest BCUT2D eigenvalue weighted by molar-refractivity contribution is 8.13. The van der Waals surface area contributed by atoms with E-state index in [1.807, 2.05) is 0 Å². The minimum Gasteiger partial charge on any atom is -0.393 e. The Morgan fingerprint density at radius 1 is 0.886 bits per heavy atom. The van der Waals surface area contributed by atoms with E-state index in [9.17, 15) is 63.0 Å². The number of phosphoric ester groups is 2. The number of nitrogens with two attached hydrogens (primary N) is 1. The smallest absolute Gasteiger partial charge is 0.393 e. The largest absolute Gasteiger partial charge is 0.531 e. The second-order valence-electron chi connectivity index (χ2n) is 16.7. The van der Waals surface area contributed by atoms with E-state index in [1.54, 1.807) is 0 Å². The minimum atomic E-state index is -5.52. The van der Waals surface area contributed by atoms with Crippen LogP contribution in [-0.4, -0.2) is 134 Å². The van der Waals surface area contributed by atoms with Crippen LogP contribution in [0, 0.1) is 5.41 Å². The maximum absolute atomic E-state index is 12.6. The van der Waals surface area contributed by atoms with Gasteiger partial charge < -0.3 is 51.1 Å². The molecule has 70 heavy (non-hydrogen) atoms. The number of rotatable bonds is 37. The van der Waals surface area contributed by atoms with Crippen molar-refractivity contribution in [2.75, 3.05) is 37.8 Å². The van der Waals surface area contributed by atoms with Crippen LogP contribution < -0.4 is 16.4 Å². The van der Waals surface area contributed by atoms with Gasteiger partial charge in [-0.25, -0.2) is 33.5 Å². The fourth-order valence-electron chi connectivity index (χ4n) is 6.63. The van der Waals surface area contributed by atoms with Crippen molar-refractivity contribution in [1.29, 1.82) is 0 Å². The summed E-state index contributed by atoms with van der Waals surface area (Å²) in [6.07, 6.45) is 6.47. The number of unbranched alkanes of at least 4 members (excludes halogenated alkanes) is 10. The highest BCUT2D eigenvalue weighted by atomic mass is 32.2. The molecule has 2 aromatic rings. The number of nitrogens with one attached hydrogen (secondary N) is 2. The van der Waals surface area contributed by atoms with Gasteiger partial charge in [-0.3, -0.25) is 32.9 Å². The molecule has 1 fully saturated rings. The third kappa shape index (κ3) is 23.1. The molecule has 2 amide bonds. The molecular weight excluding hydrogens is 1020 g/mol. The summed E-state index contributed by atoms with van der Waals surface area (Å²) in [5, 5.41) is 44.3. The number of aromatic nitrogens is 4.